The fraction of sp³-hybridized carbons (Fsp3) is 0.444. The number of hydrogen-bond acceptors (Lipinski definition) is 5. The van der Waals surface area contributed by atoms with Crippen LogP contribution in [0.15, 0.2) is 24.3 Å². The van der Waals surface area contributed by atoms with Gasteiger partial charge in [0.25, 0.3) is 0 Å². The Kier molecular flexibility index (Phi) is 7.02. The Bertz CT molecular complexity index is 752. The molecule has 2 rings (SSSR count). The van der Waals surface area contributed by atoms with Crippen LogP contribution in [0.2, 0.25) is 0 Å². The molecular weight excluding hydrogens is 376 g/mol. The van der Waals surface area contributed by atoms with Crippen LogP contribution in [-0.4, -0.2) is 59.8 Å². The van der Waals surface area contributed by atoms with Crippen molar-refractivity contribution in [3.05, 3.63) is 29.8 Å². The van der Waals surface area contributed by atoms with Crippen LogP contribution in [0.4, 0.5) is 13.6 Å². The van der Waals surface area contributed by atoms with Gasteiger partial charge in [-0.2, -0.15) is 8.78 Å². The molecule has 1 aromatic rings. The molecule has 1 heterocycles. The number of carbonyl (C=O) groups is 4. The second-order valence-corrected chi connectivity index (χ2v) is 6.61. The minimum atomic E-state index is -2.90. The molecular formula is C18H21F2N3O5. The maximum Gasteiger partial charge on any atom is 0.387 e. The molecule has 1 saturated heterocycles. The number of nitrogens with zero attached hydrogens (tertiary/aromatic N) is 2. The molecule has 5 amide bonds. The van der Waals surface area contributed by atoms with Crippen LogP contribution in [0.1, 0.15) is 19.4 Å². The van der Waals surface area contributed by atoms with Crippen molar-refractivity contribution in [3.8, 4) is 5.75 Å². The van der Waals surface area contributed by atoms with E-state index in [1.165, 1.54) is 12.1 Å². The lowest BCUT2D eigenvalue weighted by molar-refractivity contribution is -0.144. The molecule has 8 nitrogen and oxygen atoms in total. The van der Waals surface area contributed by atoms with E-state index in [4.69, 9.17) is 0 Å². The number of rotatable bonds is 9. The molecule has 10 heteroatoms. The monoisotopic (exact) mass is 397 g/mol. The number of alkyl halides is 2. The quantitative estimate of drug-likeness (QED) is 0.502. The fourth-order valence-corrected chi connectivity index (χ4v) is 2.60. The van der Waals surface area contributed by atoms with Gasteiger partial charge in [-0.25, -0.2) is 9.69 Å². The lowest BCUT2D eigenvalue weighted by Crippen LogP contribution is -2.42. The standard InChI is InChI=1S/C18H21F2N3O5/c1-11(2)9-22-15(25)16(26)23(18(22)27)10-14(24)21-8-7-12-3-5-13(6-4-12)28-17(19)20/h3-6,11,17H,7-10H2,1-2H3,(H,21,24). The maximum absolute atomic E-state index is 12.2. The van der Waals surface area contributed by atoms with Crippen molar-refractivity contribution < 1.29 is 32.7 Å². The molecule has 0 saturated carbocycles. The van der Waals surface area contributed by atoms with E-state index in [1.54, 1.807) is 26.0 Å². The lowest BCUT2D eigenvalue weighted by Gasteiger charge is -2.16. The van der Waals surface area contributed by atoms with E-state index in [-0.39, 0.29) is 24.8 Å². The van der Waals surface area contributed by atoms with E-state index in [1.807, 2.05) is 0 Å². The molecule has 1 aliphatic heterocycles. The van der Waals surface area contributed by atoms with Crippen molar-refractivity contribution in [2.45, 2.75) is 26.9 Å². The number of benzene rings is 1. The van der Waals surface area contributed by atoms with Gasteiger partial charge in [-0.1, -0.05) is 26.0 Å². The summed E-state index contributed by atoms with van der Waals surface area (Å²) in [6.45, 7) is 0.461. The first kappa shape index (κ1) is 21.3. The maximum atomic E-state index is 12.2. The van der Waals surface area contributed by atoms with Crippen molar-refractivity contribution in [1.82, 2.24) is 15.1 Å². The van der Waals surface area contributed by atoms with Crippen molar-refractivity contribution in [3.63, 3.8) is 0 Å². The highest BCUT2D eigenvalue weighted by Crippen LogP contribution is 2.15. The number of nitrogens with one attached hydrogen (secondary N) is 1. The molecule has 1 N–H and O–H groups in total. The first-order valence-corrected chi connectivity index (χ1v) is 8.66. The van der Waals surface area contributed by atoms with Gasteiger partial charge < -0.3 is 10.1 Å². The van der Waals surface area contributed by atoms with Gasteiger partial charge in [-0.05, 0) is 30.0 Å². The first-order chi connectivity index (χ1) is 13.2. The average molecular weight is 397 g/mol. The van der Waals surface area contributed by atoms with Crippen LogP contribution >= 0.6 is 0 Å². The summed E-state index contributed by atoms with van der Waals surface area (Å²) in [6, 6.07) is 5.15. The summed E-state index contributed by atoms with van der Waals surface area (Å²) in [5.74, 6) is -2.51. The van der Waals surface area contributed by atoms with Gasteiger partial charge in [0.15, 0.2) is 0 Å². The van der Waals surface area contributed by atoms with Crippen LogP contribution in [0, 0.1) is 5.92 Å². The second kappa shape index (κ2) is 9.25. The lowest BCUT2D eigenvalue weighted by atomic mass is 10.1. The summed E-state index contributed by atoms with van der Waals surface area (Å²) >= 11 is 0. The number of urea groups is 1. The molecule has 28 heavy (non-hydrogen) atoms. The highest BCUT2D eigenvalue weighted by molar-refractivity contribution is 6.45. The van der Waals surface area contributed by atoms with Crippen LogP contribution in [0.25, 0.3) is 0 Å². The van der Waals surface area contributed by atoms with Crippen LogP contribution in [0.3, 0.4) is 0 Å². The number of imide groups is 2. The summed E-state index contributed by atoms with van der Waals surface area (Å²) in [5.41, 5.74) is 0.772. The van der Waals surface area contributed by atoms with Crippen molar-refractivity contribution >= 4 is 23.8 Å². The minimum Gasteiger partial charge on any atom is -0.435 e. The van der Waals surface area contributed by atoms with Crippen LogP contribution in [-0.2, 0) is 20.8 Å². The topological polar surface area (TPSA) is 96.0 Å². The Hall–Kier alpha value is -3.04. The predicted molar refractivity (Wildman–Crippen MR) is 93.4 cm³/mol. The molecule has 0 aliphatic carbocycles. The highest BCUT2D eigenvalue weighted by Gasteiger charge is 2.45. The van der Waals surface area contributed by atoms with Crippen LogP contribution < -0.4 is 10.1 Å². The Morgan fingerprint density at radius 3 is 2.25 bits per heavy atom. The summed E-state index contributed by atoms with van der Waals surface area (Å²) in [5, 5.41) is 2.55. The number of amides is 5. The van der Waals surface area contributed by atoms with Gasteiger partial charge in [0.05, 0.1) is 0 Å². The van der Waals surface area contributed by atoms with Crippen molar-refractivity contribution in [2.75, 3.05) is 19.6 Å². The van der Waals surface area contributed by atoms with Crippen molar-refractivity contribution in [1.29, 1.82) is 0 Å². The molecule has 1 fully saturated rings. The summed E-state index contributed by atoms with van der Waals surface area (Å²) in [7, 11) is 0. The molecule has 0 bridgehead atoms. The number of carbonyl (C=O) groups excluding carboxylic acids is 4. The van der Waals surface area contributed by atoms with Gasteiger partial charge in [0.1, 0.15) is 12.3 Å². The Morgan fingerprint density at radius 1 is 1.07 bits per heavy atom. The van der Waals surface area contributed by atoms with Gasteiger partial charge in [0, 0.05) is 13.1 Å². The minimum absolute atomic E-state index is 0.00745. The molecule has 0 radical (unpaired) electrons. The SMILES string of the molecule is CC(C)CN1C(=O)C(=O)N(CC(=O)NCCc2ccc(OC(F)F)cc2)C1=O. The largest absolute Gasteiger partial charge is 0.435 e. The number of hydrogen-bond donors (Lipinski definition) is 1. The highest BCUT2D eigenvalue weighted by atomic mass is 19.3. The average Bonchev–Trinajstić information content (AvgIpc) is 2.80. The van der Waals surface area contributed by atoms with E-state index in [2.05, 4.69) is 10.1 Å². The second-order valence-electron chi connectivity index (χ2n) is 6.61. The summed E-state index contributed by atoms with van der Waals surface area (Å²) in [4.78, 5) is 49.4. The molecule has 0 aromatic heterocycles. The van der Waals surface area contributed by atoms with Gasteiger partial charge in [0.2, 0.25) is 5.91 Å². The molecule has 0 atom stereocenters. The third-order valence-corrected chi connectivity index (χ3v) is 3.87. The van der Waals surface area contributed by atoms with E-state index >= 15 is 0 Å². The third kappa shape index (κ3) is 5.48. The molecule has 0 unspecified atom stereocenters. The smallest absolute Gasteiger partial charge is 0.387 e. The normalized spacial score (nSPS) is 14.4. The molecule has 0 spiro atoms. The zero-order valence-electron chi connectivity index (χ0n) is 15.5. The van der Waals surface area contributed by atoms with E-state index in [0.29, 0.717) is 11.3 Å². The Labute approximate surface area is 160 Å². The van der Waals surface area contributed by atoms with Gasteiger partial charge in [-0.15, -0.1) is 0 Å². The Balaban J connectivity index is 1.81. The zero-order valence-corrected chi connectivity index (χ0v) is 15.5. The fourth-order valence-electron chi connectivity index (χ4n) is 2.60. The van der Waals surface area contributed by atoms with Gasteiger partial charge in [-0.3, -0.25) is 19.3 Å². The summed E-state index contributed by atoms with van der Waals surface area (Å²) in [6.07, 6.45) is 0.404. The van der Waals surface area contributed by atoms with E-state index in [9.17, 15) is 28.0 Å². The van der Waals surface area contributed by atoms with E-state index < -0.39 is 36.9 Å². The molecule has 1 aliphatic rings. The number of ether oxygens (including phenoxy) is 1. The number of halogens is 2. The van der Waals surface area contributed by atoms with Gasteiger partial charge >= 0.3 is 24.5 Å². The Morgan fingerprint density at radius 2 is 1.68 bits per heavy atom. The summed E-state index contributed by atoms with van der Waals surface area (Å²) < 4.78 is 28.4. The predicted octanol–water partition coefficient (Wildman–Crippen LogP) is 1.39. The van der Waals surface area contributed by atoms with Crippen molar-refractivity contribution in [2.24, 2.45) is 5.92 Å². The van der Waals surface area contributed by atoms with E-state index in [0.717, 1.165) is 10.5 Å². The molecule has 1 aromatic carbocycles. The first-order valence-electron chi connectivity index (χ1n) is 8.66. The van der Waals surface area contributed by atoms with Crippen LogP contribution in [0.5, 0.6) is 5.75 Å². The third-order valence-electron chi connectivity index (χ3n) is 3.87. The zero-order chi connectivity index (χ0) is 20.8. The molecule has 152 valence electrons.